The molecule has 2 aromatic heterocycles. The number of amides is 1. The Labute approximate surface area is 123 Å². The molecule has 0 spiro atoms. The summed E-state index contributed by atoms with van der Waals surface area (Å²) < 4.78 is 10.3. The minimum atomic E-state index is -0.0286. The van der Waals surface area contributed by atoms with Crippen LogP contribution < -0.4 is 0 Å². The van der Waals surface area contributed by atoms with Crippen LogP contribution in [-0.4, -0.2) is 47.0 Å². The second-order valence-electron chi connectivity index (χ2n) is 5.33. The zero-order valence-electron chi connectivity index (χ0n) is 12.1. The van der Waals surface area contributed by atoms with Crippen molar-refractivity contribution in [1.29, 1.82) is 0 Å². The minimum absolute atomic E-state index is 0.0286. The Bertz CT molecular complexity index is 591. The molecule has 3 heterocycles. The number of hydrogen-bond donors (Lipinski definition) is 0. The van der Waals surface area contributed by atoms with E-state index in [0.29, 0.717) is 12.3 Å². The van der Waals surface area contributed by atoms with Crippen molar-refractivity contribution in [3.05, 3.63) is 41.7 Å². The Hall–Kier alpha value is -2.08. The summed E-state index contributed by atoms with van der Waals surface area (Å²) in [7, 11) is 0. The molecular weight excluding hydrogens is 270 g/mol. The van der Waals surface area contributed by atoms with Gasteiger partial charge in [-0.15, -0.1) is 0 Å². The van der Waals surface area contributed by atoms with Crippen LogP contribution in [0.4, 0.5) is 0 Å². The normalized spacial score (nSPS) is 16.9. The second kappa shape index (κ2) is 6.13. The number of furan rings is 1. The van der Waals surface area contributed by atoms with Gasteiger partial charge in [0.05, 0.1) is 12.0 Å². The monoisotopic (exact) mass is 289 g/mol. The van der Waals surface area contributed by atoms with Crippen LogP contribution in [-0.2, 0) is 6.54 Å². The first kappa shape index (κ1) is 13.9. The number of nitrogens with zero attached hydrogens (tertiary/aromatic N) is 3. The summed E-state index contributed by atoms with van der Waals surface area (Å²) in [4.78, 5) is 16.4. The van der Waals surface area contributed by atoms with Gasteiger partial charge < -0.3 is 13.8 Å². The van der Waals surface area contributed by atoms with Gasteiger partial charge in [-0.3, -0.25) is 9.69 Å². The van der Waals surface area contributed by atoms with E-state index in [2.05, 4.69) is 10.1 Å². The molecule has 1 fully saturated rings. The summed E-state index contributed by atoms with van der Waals surface area (Å²) in [5, 5.41) is 4.02. The summed E-state index contributed by atoms with van der Waals surface area (Å²) >= 11 is 0. The lowest BCUT2D eigenvalue weighted by molar-refractivity contribution is 0.0729. The predicted molar refractivity (Wildman–Crippen MR) is 75.7 cm³/mol. The van der Waals surface area contributed by atoms with E-state index in [4.69, 9.17) is 8.94 Å². The zero-order valence-corrected chi connectivity index (χ0v) is 12.1. The van der Waals surface area contributed by atoms with Gasteiger partial charge in [-0.05, 0) is 25.5 Å². The van der Waals surface area contributed by atoms with E-state index in [1.54, 1.807) is 12.1 Å². The van der Waals surface area contributed by atoms with Gasteiger partial charge >= 0.3 is 0 Å². The van der Waals surface area contributed by atoms with Crippen LogP contribution in [0, 0.1) is 6.92 Å². The Morgan fingerprint density at radius 1 is 1.33 bits per heavy atom. The van der Waals surface area contributed by atoms with E-state index in [9.17, 15) is 4.79 Å². The molecular formula is C15H19N3O3. The fraction of sp³-hybridized carbons (Fsp3) is 0.467. The average molecular weight is 289 g/mol. The van der Waals surface area contributed by atoms with Crippen molar-refractivity contribution in [2.45, 2.75) is 19.9 Å². The number of aryl methyl sites for hydroxylation is 1. The average Bonchev–Trinajstić information content (AvgIpc) is 3.08. The third-order valence-electron chi connectivity index (χ3n) is 3.67. The summed E-state index contributed by atoms with van der Waals surface area (Å²) in [6, 6.07) is 5.41. The van der Waals surface area contributed by atoms with Gasteiger partial charge in [-0.2, -0.15) is 0 Å². The van der Waals surface area contributed by atoms with Gasteiger partial charge in [-0.25, -0.2) is 0 Å². The molecule has 0 unspecified atom stereocenters. The highest BCUT2D eigenvalue weighted by Gasteiger charge is 2.22. The Kier molecular flexibility index (Phi) is 4.06. The van der Waals surface area contributed by atoms with E-state index in [1.807, 2.05) is 17.9 Å². The number of carbonyl (C=O) groups is 1. The van der Waals surface area contributed by atoms with Gasteiger partial charge in [0, 0.05) is 38.8 Å². The number of carbonyl (C=O) groups excluding carboxylic acids is 1. The topological polar surface area (TPSA) is 62.7 Å². The first-order valence-corrected chi connectivity index (χ1v) is 7.20. The van der Waals surface area contributed by atoms with Crippen molar-refractivity contribution >= 4 is 5.91 Å². The van der Waals surface area contributed by atoms with E-state index < -0.39 is 0 Å². The van der Waals surface area contributed by atoms with Gasteiger partial charge in [0.1, 0.15) is 5.76 Å². The van der Waals surface area contributed by atoms with Crippen molar-refractivity contribution in [2.75, 3.05) is 26.2 Å². The smallest absolute Gasteiger partial charge is 0.289 e. The molecule has 3 rings (SSSR count). The highest BCUT2D eigenvalue weighted by molar-refractivity contribution is 5.91. The Morgan fingerprint density at radius 3 is 2.95 bits per heavy atom. The fourth-order valence-corrected chi connectivity index (χ4v) is 2.61. The second-order valence-corrected chi connectivity index (χ2v) is 5.33. The number of hydrogen-bond acceptors (Lipinski definition) is 5. The quantitative estimate of drug-likeness (QED) is 0.864. The molecule has 1 saturated heterocycles. The highest BCUT2D eigenvalue weighted by atomic mass is 16.5. The van der Waals surface area contributed by atoms with Crippen LogP contribution in [0.2, 0.25) is 0 Å². The molecule has 1 amide bonds. The van der Waals surface area contributed by atoms with Crippen LogP contribution in [0.25, 0.3) is 0 Å². The fourth-order valence-electron chi connectivity index (χ4n) is 2.61. The summed E-state index contributed by atoms with van der Waals surface area (Å²) in [6.45, 7) is 5.90. The van der Waals surface area contributed by atoms with Crippen LogP contribution in [0.3, 0.4) is 0 Å². The molecule has 0 radical (unpaired) electrons. The van der Waals surface area contributed by atoms with E-state index in [1.165, 1.54) is 6.26 Å². The number of aromatic nitrogens is 1. The zero-order chi connectivity index (χ0) is 14.7. The summed E-state index contributed by atoms with van der Waals surface area (Å²) in [5.41, 5.74) is 0.943. The molecule has 0 bridgehead atoms. The number of rotatable bonds is 3. The first-order valence-electron chi connectivity index (χ1n) is 7.20. The van der Waals surface area contributed by atoms with Crippen LogP contribution in [0.1, 0.15) is 28.4 Å². The Morgan fingerprint density at radius 2 is 2.24 bits per heavy atom. The van der Waals surface area contributed by atoms with Crippen molar-refractivity contribution in [3.8, 4) is 0 Å². The van der Waals surface area contributed by atoms with Crippen molar-refractivity contribution in [1.82, 2.24) is 15.0 Å². The van der Waals surface area contributed by atoms with Gasteiger partial charge in [0.2, 0.25) is 0 Å². The van der Waals surface area contributed by atoms with Gasteiger partial charge in [0.15, 0.2) is 5.76 Å². The third-order valence-corrected chi connectivity index (χ3v) is 3.67. The molecule has 0 aromatic carbocycles. The maximum atomic E-state index is 12.3. The standard InChI is InChI=1S/C15H19N3O3/c1-12-10-13(16-21-12)11-17-5-3-6-18(8-7-17)15(19)14-4-2-9-20-14/h2,4,9-10H,3,5-8,11H2,1H3. The highest BCUT2D eigenvalue weighted by Crippen LogP contribution is 2.12. The van der Waals surface area contributed by atoms with Gasteiger partial charge in [0.25, 0.3) is 5.91 Å². The van der Waals surface area contributed by atoms with E-state index in [-0.39, 0.29) is 5.91 Å². The maximum absolute atomic E-state index is 12.3. The lowest BCUT2D eigenvalue weighted by Gasteiger charge is -2.20. The molecule has 0 atom stereocenters. The Balaban J connectivity index is 1.58. The third kappa shape index (κ3) is 3.33. The molecule has 1 aliphatic rings. The molecule has 6 nitrogen and oxygen atoms in total. The molecule has 2 aromatic rings. The van der Waals surface area contributed by atoms with Gasteiger partial charge in [-0.1, -0.05) is 5.16 Å². The molecule has 112 valence electrons. The maximum Gasteiger partial charge on any atom is 0.289 e. The predicted octanol–water partition coefficient (Wildman–Crippen LogP) is 1.92. The molecule has 0 aliphatic carbocycles. The molecule has 1 aliphatic heterocycles. The van der Waals surface area contributed by atoms with Crippen LogP contribution >= 0.6 is 0 Å². The lowest BCUT2D eigenvalue weighted by Crippen LogP contribution is -2.34. The van der Waals surface area contributed by atoms with Crippen molar-refractivity contribution < 1.29 is 13.7 Å². The summed E-state index contributed by atoms with van der Waals surface area (Å²) in [5.74, 6) is 1.21. The lowest BCUT2D eigenvalue weighted by atomic mass is 10.3. The van der Waals surface area contributed by atoms with Crippen LogP contribution in [0.15, 0.2) is 33.4 Å². The van der Waals surface area contributed by atoms with Crippen molar-refractivity contribution in [3.63, 3.8) is 0 Å². The summed E-state index contributed by atoms with van der Waals surface area (Å²) in [6.07, 6.45) is 2.48. The van der Waals surface area contributed by atoms with E-state index in [0.717, 1.165) is 44.1 Å². The van der Waals surface area contributed by atoms with E-state index >= 15 is 0 Å². The molecule has 0 saturated carbocycles. The largest absolute Gasteiger partial charge is 0.459 e. The first-order chi connectivity index (χ1) is 10.2. The van der Waals surface area contributed by atoms with Crippen molar-refractivity contribution in [2.24, 2.45) is 0 Å². The molecule has 6 heteroatoms. The van der Waals surface area contributed by atoms with Crippen LogP contribution in [0.5, 0.6) is 0 Å². The SMILES string of the molecule is Cc1cc(CN2CCCN(C(=O)c3ccco3)CC2)no1. The molecule has 21 heavy (non-hydrogen) atoms. The minimum Gasteiger partial charge on any atom is -0.459 e. The molecule has 0 N–H and O–H groups in total.